The van der Waals surface area contributed by atoms with Crippen LogP contribution in [-0.2, 0) is 6.61 Å². The summed E-state index contributed by atoms with van der Waals surface area (Å²) in [5.74, 6) is 0.0995. The normalized spacial score (nSPS) is 10.5. The highest BCUT2D eigenvalue weighted by atomic mass is 16.5. The van der Waals surface area contributed by atoms with Gasteiger partial charge in [0.2, 0.25) is 0 Å². The maximum atomic E-state index is 13.0. The summed E-state index contributed by atoms with van der Waals surface area (Å²) in [5.41, 5.74) is 4.40. The average Bonchev–Trinajstić information content (AvgIpc) is 3.36. The van der Waals surface area contributed by atoms with Crippen molar-refractivity contribution in [2.75, 3.05) is 10.6 Å². The van der Waals surface area contributed by atoms with Gasteiger partial charge in [0.1, 0.15) is 12.4 Å². The molecule has 4 aromatic rings. The lowest BCUT2D eigenvalue weighted by Crippen LogP contribution is -2.15. The number of carbonyl (C=O) groups is 2. The second kappa shape index (κ2) is 9.87. The zero-order valence-corrected chi connectivity index (χ0v) is 18.4. The van der Waals surface area contributed by atoms with Crippen molar-refractivity contribution >= 4 is 23.2 Å². The van der Waals surface area contributed by atoms with E-state index in [1.54, 1.807) is 30.3 Å². The number of rotatable bonds is 7. The van der Waals surface area contributed by atoms with Crippen molar-refractivity contribution in [2.45, 2.75) is 20.5 Å². The largest absolute Gasteiger partial charge is 0.487 e. The number of ether oxygens (including phenoxy) is 1. The highest BCUT2D eigenvalue weighted by Crippen LogP contribution is 2.28. The van der Waals surface area contributed by atoms with E-state index in [1.807, 2.05) is 62.4 Å². The molecule has 4 rings (SSSR count). The Morgan fingerprint density at radius 3 is 2.36 bits per heavy atom. The monoisotopic (exact) mass is 440 g/mol. The number of aryl methyl sites for hydroxylation is 2. The molecule has 3 aromatic carbocycles. The molecule has 33 heavy (non-hydrogen) atoms. The number of furan rings is 1. The summed E-state index contributed by atoms with van der Waals surface area (Å²) in [4.78, 5) is 25.3. The second-order valence-corrected chi connectivity index (χ2v) is 7.69. The van der Waals surface area contributed by atoms with E-state index in [-0.39, 0.29) is 17.6 Å². The van der Waals surface area contributed by atoms with Crippen LogP contribution in [0.25, 0.3) is 0 Å². The molecule has 6 heteroatoms. The lowest BCUT2D eigenvalue weighted by atomic mass is 10.1. The summed E-state index contributed by atoms with van der Waals surface area (Å²) in [7, 11) is 0. The molecule has 0 aliphatic carbocycles. The Balaban J connectivity index is 1.50. The van der Waals surface area contributed by atoms with Crippen LogP contribution < -0.4 is 15.4 Å². The van der Waals surface area contributed by atoms with E-state index >= 15 is 0 Å². The molecule has 6 nitrogen and oxygen atoms in total. The fraction of sp³-hybridized carbons (Fsp3) is 0.111. The van der Waals surface area contributed by atoms with Gasteiger partial charge in [-0.05, 0) is 66.9 Å². The maximum absolute atomic E-state index is 13.0. The Morgan fingerprint density at radius 1 is 0.818 bits per heavy atom. The number of nitrogens with one attached hydrogen (secondary N) is 2. The first-order chi connectivity index (χ1) is 16.0. The predicted octanol–water partition coefficient (Wildman–Crippen LogP) is 5.98. The first-order valence-electron chi connectivity index (χ1n) is 10.5. The van der Waals surface area contributed by atoms with Gasteiger partial charge in [0.15, 0.2) is 5.76 Å². The summed E-state index contributed by atoms with van der Waals surface area (Å²) >= 11 is 0. The number of carbonyl (C=O) groups excluding carboxylic acids is 2. The molecule has 0 saturated heterocycles. The number of hydrogen-bond donors (Lipinski definition) is 2. The number of benzene rings is 3. The lowest BCUT2D eigenvalue weighted by molar-refractivity contribution is 0.0993. The Morgan fingerprint density at radius 2 is 1.61 bits per heavy atom. The molecule has 0 atom stereocenters. The third-order valence-electron chi connectivity index (χ3n) is 5.12. The molecule has 0 fully saturated rings. The molecule has 0 aliphatic heterocycles. The first kappa shape index (κ1) is 21.9. The Kier molecular flexibility index (Phi) is 6.55. The molecular weight excluding hydrogens is 416 g/mol. The van der Waals surface area contributed by atoms with Crippen LogP contribution in [0, 0.1) is 13.8 Å². The number of hydrogen-bond acceptors (Lipinski definition) is 4. The molecule has 1 aromatic heterocycles. The van der Waals surface area contributed by atoms with Crippen LogP contribution in [0.2, 0.25) is 0 Å². The molecule has 2 amide bonds. The van der Waals surface area contributed by atoms with Crippen molar-refractivity contribution in [3.8, 4) is 5.75 Å². The molecule has 166 valence electrons. The zero-order valence-electron chi connectivity index (χ0n) is 18.4. The molecule has 0 bridgehead atoms. The summed E-state index contributed by atoms with van der Waals surface area (Å²) in [6, 6.07) is 23.8. The van der Waals surface area contributed by atoms with E-state index < -0.39 is 0 Å². The Labute approximate surface area is 192 Å². The molecule has 1 heterocycles. The van der Waals surface area contributed by atoms with E-state index in [0.29, 0.717) is 29.3 Å². The number of amides is 2. The van der Waals surface area contributed by atoms with Crippen molar-refractivity contribution in [3.05, 3.63) is 113 Å². The van der Waals surface area contributed by atoms with Gasteiger partial charge in [0, 0.05) is 11.3 Å². The minimum absolute atomic E-state index is 0.198. The maximum Gasteiger partial charge on any atom is 0.291 e. The minimum Gasteiger partial charge on any atom is -0.487 e. The SMILES string of the molecule is Cc1ccc(NC(=O)c2ccc(C)c(NC(=O)c3ccco3)c2)c(OCc2ccccc2)c1. The van der Waals surface area contributed by atoms with Crippen LogP contribution in [0.5, 0.6) is 5.75 Å². The Bertz CT molecular complexity index is 1260. The minimum atomic E-state index is -0.379. The van der Waals surface area contributed by atoms with Gasteiger partial charge in [-0.15, -0.1) is 0 Å². The fourth-order valence-corrected chi connectivity index (χ4v) is 3.27. The van der Waals surface area contributed by atoms with Gasteiger partial charge in [-0.1, -0.05) is 42.5 Å². The fourth-order valence-electron chi connectivity index (χ4n) is 3.27. The first-order valence-corrected chi connectivity index (χ1v) is 10.5. The van der Waals surface area contributed by atoms with Gasteiger partial charge in [-0.2, -0.15) is 0 Å². The predicted molar refractivity (Wildman–Crippen MR) is 128 cm³/mol. The van der Waals surface area contributed by atoms with Crippen molar-refractivity contribution in [3.63, 3.8) is 0 Å². The molecule has 0 radical (unpaired) electrons. The van der Waals surface area contributed by atoms with Gasteiger partial charge in [-0.25, -0.2) is 0 Å². The molecule has 2 N–H and O–H groups in total. The second-order valence-electron chi connectivity index (χ2n) is 7.69. The highest BCUT2D eigenvalue weighted by Gasteiger charge is 2.15. The molecule has 0 aliphatic rings. The molecular formula is C27H24N2O4. The van der Waals surface area contributed by atoms with Gasteiger partial charge in [0.25, 0.3) is 11.8 Å². The topological polar surface area (TPSA) is 80.6 Å². The van der Waals surface area contributed by atoms with Crippen molar-refractivity contribution in [2.24, 2.45) is 0 Å². The van der Waals surface area contributed by atoms with E-state index in [0.717, 1.165) is 16.7 Å². The highest BCUT2D eigenvalue weighted by molar-refractivity contribution is 6.07. The number of anilines is 2. The third kappa shape index (κ3) is 5.49. The van der Waals surface area contributed by atoms with E-state index in [9.17, 15) is 9.59 Å². The van der Waals surface area contributed by atoms with Gasteiger partial charge in [0.05, 0.1) is 12.0 Å². The van der Waals surface area contributed by atoms with Crippen LogP contribution in [0.15, 0.2) is 89.5 Å². The van der Waals surface area contributed by atoms with Gasteiger partial charge in [-0.3, -0.25) is 9.59 Å². The summed E-state index contributed by atoms with van der Waals surface area (Å²) in [6.07, 6.45) is 1.44. The van der Waals surface area contributed by atoms with E-state index in [1.165, 1.54) is 6.26 Å². The third-order valence-corrected chi connectivity index (χ3v) is 5.12. The molecule has 0 saturated carbocycles. The van der Waals surface area contributed by atoms with Crippen LogP contribution in [0.3, 0.4) is 0 Å². The smallest absolute Gasteiger partial charge is 0.291 e. The van der Waals surface area contributed by atoms with Gasteiger partial charge >= 0.3 is 0 Å². The average molecular weight is 440 g/mol. The van der Waals surface area contributed by atoms with Crippen LogP contribution in [0.4, 0.5) is 11.4 Å². The van der Waals surface area contributed by atoms with Gasteiger partial charge < -0.3 is 19.8 Å². The zero-order chi connectivity index (χ0) is 23.2. The van der Waals surface area contributed by atoms with Crippen LogP contribution >= 0.6 is 0 Å². The lowest BCUT2D eigenvalue weighted by Gasteiger charge is -2.14. The van der Waals surface area contributed by atoms with Crippen molar-refractivity contribution in [1.82, 2.24) is 0 Å². The van der Waals surface area contributed by atoms with Crippen LogP contribution in [-0.4, -0.2) is 11.8 Å². The molecule has 0 unspecified atom stereocenters. The quantitative estimate of drug-likeness (QED) is 0.370. The standard InChI is InChI=1S/C27H24N2O4/c1-18-10-13-22(25(15-18)33-17-20-7-4-3-5-8-20)28-26(30)21-12-11-19(2)23(16-21)29-27(31)24-9-6-14-32-24/h3-16H,17H2,1-2H3,(H,28,30)(H,29,31). The van der Waals surface area contributed by atoms with Crippen molar-refractivity contribution in [1.29, 1.82) is 0 Å². The van der Waals surface area contributed by atoms with Crippen LogP contribution in [0.1, 0.15) is 37.6 Å². The summed E-state index contributed by atoms with van der Waals surface area (Å²) in [5, 5.41) is 5.71. The molecule has 0 spiro atoms. The summed E-state index contributed by atoms with van der Waals surface area (Å²) < 4.78 is 11.1. The summed E-state index contributed by atoms with van der Waals surface area (Å²) in [6.45, 7) is 4.21. The van der Waals surface area contributed by atoms with Crippen molar-refractivity contribution < 1.29 is 18.7 Å². The Hall–Kier alpha value is -4.32. The van der Waals surface area contributed by atoms with E-state index in [4.69, 9.17) is 9.15 Å². The van der Waals surface area contributed by atoms with E-state index in [2.05, 4.69) is 10.6 Å².